The smallest absolute Gasteiger partial charge is 0.123 e. The van der Waals surface area contributed by atoms with Gasteiger partial charge >= 0.3 is 0 Å². The molecule has 0 aliphatic rings. The van der Waals surface area contributed by atoms with Crippen molar-refractivity contribution in [1.82, 2.24) is 0 Å². The van der Waals surface area contributed by atoms with E-state index in [0.717, 1.165) is 11.1 Å². The molecule has 0 heterocycles. The van der Waals surface area contributed by atoms with Crippen LogP contribution in [0.15, 0.2) is 86.0 Å². The lowest BCUT2D eigenvalue weighted by Crippen LogP contribution is -1.95. The normalized spacial score (nSPS) is 10.3. The molecule has 2 N–H and O–H groups in total. The SMILES string of the molecule is C=C(c1ccccc1O)c1ccccc1C(=C)c1ccccc1O. The van der Waals surface area contributed by atoms with Crippen LogP contribution in [0.1, 0.15) is 22.3 Å². The van der Waals surface area contributed by atoms with Crippen LogP contribution in [0.3, 0.4) is 0 Å². The van der Waals surface area contributed by atoms with E-state index in [-0.39, 0.29) is 11.5 Å². The number of phenols is 2. The lowest BCUT2D eigenvalue weighted by molar-refractivity contribution is 0.473. The first-order chi connectivity index (χ1) is 11.6. The summed E-state index contributed by atoms with van der Waals surface area (Å²) in [5.74, 6) is 0.371. The van der Waals surface area contributed by atoms with E-state index >= 15 is 0 Å². The zero-order valence-corrected chi connectivity index (χ0v) is 13.2. The van der Waals surface area contributed by atoms with Crippen molar-refractivity contribution < 1.29 is 10.2 Å². The van der Waals surface area contributed by atoms with E-state index in [2.05, 4.69) is 13.2 Å². The van der Waals surface area contributed by atoms with Crippen LogP contribution < -0.4 is 0 Å². The summed E-state index contributed by atoms with van der Waals surface area (Å²) >= 11 is 0. The maximum Gasteiger partial charge on any atom is 0.123 e. The van der Waals surface area contributed by atoms with E-state index < -0.39 is 0 Å². The van der Waals surface area contributed by atoms with Crippen molar-refractivity contribution in [3.63, 3.8) is 0 Å². The van der Waals surface area contributed by atoms with Crippen molar-refractivity contribution in [2.75, 3.05) is 0 Å². The summed E-state index contributed by atoms with van der Waals surface area (Å²) in [6, 6.07) is 21.9. The van der Waals surface area contributed by atoms with Crippen LogP contribution in [0.4, 0.5) is 0 Å². The van der Waals surface area contributed by atoms with Gasteiger partial charge in [0.2, 0.25) is 0 Å². The lowest BCUT2D eigenvalue weighted by Gasteiger charge is -2.16. The molecule has 0 radical (unpaired) electrons. The topological polar surface area (TPSA) is 40.5 Å². The standard InChI is InChI=1S/C22H18O2/c1-15(19-11-5-7-13-21(19)23)17-9-3-4-10-18(17)16(2)20-12-6-8-14-22(20)24/h3-14,23-24H,1-2H2. The van der Waals surface area contributed by atoms with Gasteiger partial charge in [-0.3, -0.25) is 0 Å². The van der Waals surface area contributed by atoms with Crippen molar-refractivity contribution in [2.45, 2.75) is 0 Å². The Morgan fingerprint density at radius 1 is 0.500 bits per heavy atom. The predicted octanol–water partition coefficient (Wildman–Crippen LogP) is 5.22. The van der Waals surface area contributed by atoms with Crippen LogP contribution in [-0.2, 0) is 0 Å². The molecule has 0 unspecified atom stereocenters. The predicted molar refractivity (Wildman–Crippen MR) is 98.9 cm³/mol. The lowest BCUT2D eigenvalue weighted by atomic mass is 9.89. The average Bonchev–Trinajstić information content (AvgIpc) is 2.61. The highest BCUT2D eigenvalue weighted by molar-refractivity contribution is 5.91. The van der Waals surface area contributed by atoms with E-state index in [1.165, 1.54) is 0 Å². The summed E-state index contributed by atoms with van der Waals surface area (Å²) in [7, 11) is 0. The van der Waals surface area contributed by atoms with Crippen LogP contribution in [0.5, 0.6) is 11.5 Å². The highest BCUT2D eigenvalue weighted by atomic mass is 16.3. The molecule has 0 amide bonds. The quantitative estimate of drug-likeness (QED) is 0.693. The van der Waals surface area contributed by atoms with Gasteiger partial charge in [0.1, 0.15) is 11.5 Å². The summed E-state index contributed by atoms with van der Waals surface area (Å²) in [6.07, 6.45) is 0. The van der Waals surface area contributed by atoms with Crippen molar-refractivity contribution in [1.29, 1.82) is 0 Å². The number of benzene rings is 3. The van der Waals surface area contributed by atoms with Crippen LogP contribution in [-0.4, -0.2) is 10.2 Å². The summed E-state index contributed by atoms with van der Waals surface area (Å²) in [5.41, 5.74) is 4.50. The number of hydrogen-bond acceptors (Lipinski definition) is 2. The first-order valence-electron chi connectivity index (χ1n) is 7.64. The minimum absolute atomic E-state index is 0.186. The van der Waals surface area contributed by atoms with Crippen molar-refractivity contribution in [3.8, 4) is 11.5 Å². The van der Waals surface area contributed by atoms with Crippen LogP contribution in [0.2, 0.25) is 0 Å². The monoisotopic (exact) mass is 314 g/mol. The molecule has 0 aromatic heterocycles. The number of hydrogen-bond donors (Lipinski definition) is 2. The van der Waals surface area contributed by atoms with Crippen molar-refractivity contribution in [3.05, 3.63) is 108 Å². The van der Waals surface area contributed by atoms with E-state index in [1.807, 2.05) is 48.5 Å². The van der Waals surface area contributed by atoms with Gasteiger partial charge in [-0.15, -0.1) is 0 Å². The molecule has 24 heavy (non-hydrogen) atoms. The highest BCUT2D eigenvalue weighted by Gasteiger charge is 2.15. The molecule has 2 nitrogen and oxygen atoms in total. The molecule has 0 saturated heterocycles. The van der Waals surface area contributed by atoms with Crippen LogP contribution in [0.25, 0.3) is 11.1 Å². The summed E-state index contributed by atoms with van der Waals surface area (Å²) < 4.78 is 0. The number of rotatable bonds is 4. The van der Waals surface area contributed by atoms with Gasteiger partial charge in [0, 0.05) is 11.1 Å². The molecule has 0 atom stereocenters. The first kappa shape index (κ1) is 15.6. The van der Waals surface area contributed by atoms with Gasteiger partial charge in [0.05, 0.1) is 0 Å². The van der Waals surface area contributed by atoms with Gasteiger partial charge in [-0.1, -0.05) is 73.8 Å². The summed E-state index contributed by atoms with van der Waals surface area (Å²) in [6.45, 7) is 8.30. The Labute approximate surface area is 141 Å². The molecule has 3 rings (SSSR count). The number of para-hydroxylation sites is 2. The maximum atomic E-state index is 10.1. The van der Waals surface area contributed by atoms with Crippen molar-refractivity contribution >= 4 is 11.1 Å². The Balaban J connectivity index is 2.09. The van der Waals surface area contributed by atoms with Crippen molar-refractivity contribution in [2.24, 2.45) is 0 Å². The molecular weight excluding hydrogens is 296 g/mol. The highest BCUT2D eigenvalue weighted by Crippen LogP contribution is 2.36. The van der Waals surface area contributed by atoms with E-state index in [1.54, 1.807) is 24.3 Å². The fraction of sp³-hybridized carbons (Fsp3) is 0. The van der Waals surface area contributed by atoms with Gasteiger partial charge in [-0.2, -0.15) is 0 Å². The third-order valence-corrected chi connectivity index (χ3v) is 4.04. The summed E-state index contributed by atoms with van der Waals surface area (Å²) in [4.78, 5) is 0. The Morgan fingerprint density at radius 3 is 1.12 bits per heavy atom. The molecule has 0 aliphatic heterocycles. The first-order valence-corrected chi connectivity index (χ1v) is 7.64. The molecule has 0 aliphatic carbocycles. The molecule has 0 fully saturated rings. The average molecular weight is 314 g/mol. The Morgan fingerprint density at radius 2 is 0.792 bits per heavy atom. The van der Waals surface area contributed by atoms with Gasteiger partial charge < -0.3 is 10.2 Å². The molecule has 0 bridgehead atoms. The zero-order chi connectivity index (χ0) is 17.1. The Hall–Kier alpha value is -3.26. The fourth-order valence-electron chi connectivity index (χ4n) is 2.76. The Kier molecular flexibility index (Phi) is 4.21. The molecule has 0 saturated carbocycles. The molecule has 3 aromatic carbocycles. The van der Waals surface area contributed by atoms with E-state index in [0.29, 0.717) is 22.3 Å². The molecule has 0 spiro atoms. The van der Waals surface area contributed by atoms with E-state index in [9.17, 15) is 10.2 Å². The maximum absolute atomic E-state index is 10.1. The minimum Gasteiger partial charge on any atom is -0.507 e. The fourth-order valence-corrected chi connectivity index (χ4v) is 2.76. The number of aromatic hydroxyl groups is 2. The number of phenolic OH excluding ortho intramolecular Hbond substituents is 2. The second-order valence-electron chi connectivity index (χ2n) is 5.54. The molecule has 118 valence electrons. The minimum atomic E-state index is 0.186. The van der Waals surface area contributed by atoms with Gasteiger partial charge in [0.15, 0.2) is 0 Å². The second kappa shape index (κ2) is 6.47. The third kappa shape index (κ3) is 2.82. The van der Waals surface area contributed by atoms with Gasteiger partial charge in [0.25, 0.3) is 0 Å². The van der Waals surface area contributed by atoms with E-state index in [4.69, 9.17) is 0 Å². The third-order valence-electron chi connectivity index (χ3n) is 4.04. The molecular formula is C22H18O2. The summed E-state index contributed by atoms with van der Waals surface area (Å²) in [5, 5.41) is 20.2. The molecule has 2 heteroatoms. The molecule has 3 aromatic rings. The van der Waals surface area contributed by atoms with Gasteiger partial charge in [-0.25, -0.2) is 0 Å². The Bertz CT molecular complexity index is 846. The largest absolute Gasteiger partial charge is 0.507 e. The van der Waals surface area contributed by atoms with Gasteiger partial charge in [-0.05, 0) is 34.4 Å². The van der Waals surface area contributed by atoms with Crippen LogP contribution >= 0.6 is 0 Å². The van der Waals surface area contributed by atoms with Crippen LogP contribution in [0, 0.1) is 0 Å². The zero-order valence-electron chi connectivity index (χ0n) is 13.2. The second-order valence-corrected chi connectivity index (χ2v) is 5.54.